The zero-order chi connectivity index (χ0) is 8.53. The smallest absolute Gasteiger partial charge is 0.0756 e. The van der Waals surface area contributed by atoms with Gasteiger partial charge in [0, 0.05) is 6.54 Å². The van der Waals surface area contributed by atoms with E-state index >= 15 is 0 Å². The van der Waals surface area contributed by atoms with Crippen molar-refractivity contribution < 1.29 is 0 Å². The van der Waals surface area contributed by atoms with E-state index in [9.17, 15) is 0 Å². The van der Waals surface area contributed by atoms with Gasteiger partial charge in [0.2, 0.25) is 0 Å². The van der Waals surface area contributed by atoms with Crippen molar-refractivity contribution in [3.63, 3.8) is 0 Å². The van der Waals surface area contributed by atoms with Crippen LogP contribution in [0.15, 0.2) is 0 Å². The Kier molecular flexibility index (Phi) is 8.81. The van der Waals surface area contributed by atoms with E-state index in [1.807, 2.05) is 0 Å². The van der Waals surface area contributed by atoms with Crippen molar-refractivity contribution in [2.75, 3.05) is 19.6 Å². The Labute approximate surface area is 78.3 Å². The molecule has 0 aromatic rings. The summed E-state index contributed by atoms with van der Waals surface area (Å²) < 4.78 is 0. The average Bonchev–Trinajstić information content (AvgIpc) is 2.01. The number of hydrogen-bond donors (Lipinski definition) is 2. The fourth-order valence-electron chi connectivity index (χ4n) is 0.779. The summed E-state index contributed by atoms with van der Waals surface area (Å²) in [5.41, 5.74) is 0. The molecule has 3 heteroatoms. The second-order valence-electron chi connectivity index (χ2n) is 2.63. The predicted molar refractivity (Wildman–Crippen MR) is 54.2 cm³/mol. The van der Waals surface area contributed by atoms with E-state index in [1.54, 1.807) is 0 Å². The van der Waals surface area contributed by atoms with Crippen molar-refractivity contribution in [2.24, 2.45) is 0 Å². The van der Waals surface area contributed by atoms with E-state index in [2.05, 4.69) is 40.4 Å². The van der Waals surface area contributed by atoms with Crippen LogP contribution in [0.2, 0.25) is 0 Å². The number of nitrogens with one attached hydrogen (secondary N) is 2. The molecule has 1 unspecified atom stereocenters. The van der Waals surface area contributed by atoms with Gasteiger partial charge in [-0.2, -0.15) is 0 Å². The molecule has 0 rings (SSSR count). The molecule has 0 bridgehead atoms. The zero-order valence-corrected chi connectivity index (χ0v) is 9.08. The lowest BCUT2D eigenvalue weighted by atomic mass is 10.4. The van der Waals surface area contributed by atoms with Gasteiger partial charge in [0.15, 0.2) is 0 Å². The standard InChI is InChI=1S/C8H19BrN2/c1-3-5-10-7-8(9)11-6-4-2/h8,10-11H,3-7H2,1-2H3. The molecule has 0 aromatic heterocycles. The topological polar surface area (TPSA) is 24.1 Å². The molecule has 68 valence electrons. The fraction of sp³-hybridized carbons (Fsp3) is 1.00. The van der Waals surface area contributed by atoms with Crippen LogP contribution in [0.1, 0.15) is 26.7 Å². The van der Waals surface area contributed by atoms with Crippen molar-refractivity contribution in [2.45, 2.75) is 31.6 Å². The highest BCUT2D eigenvalue weighted by atomic mass is 79.9. The number of hydrogen-bond acceptors (Lipinski definition) is 2. The highest BCUT2D eigenvalue weighted by Crippen LogP contribution is 1.92. The van der Waals surface area contributed by atoms with Gasteiger partial charge in [-0.1, -0.05) is 29.8 Å². The Morgan fingerprint density at radius 3 is 2.36 bits per heavy atom. The summed E-state index contributed by atoms with van der Waals surface area (Å²) >= 11 is 3.54. The number of rotatable bonds is 7. The molecule has 0 aliphatic rings. The van der Waals surface area contributed by atoms with Gasteiger partial charge in [-0.15, -0.1) is 0 Å². The molecule has 2 nitrogen and oxygen atoms in total. The molecule has 0 aliphatic carbocycles. The van der Waals surface area contributed by atoms with Gasteiger partial charge in [0.25, 0.3) is 0 Å². The predicted octanol–water partition coefficient (Wildman–Crippen LogP) is 1.71. The lowest BCUT2D eigenvalue weighted by molar-refractivity contribution is 0.580. The molecule has 1 atom stereocenters. The van der Waals surface area contributed by atoms with Crippen LogP contribution in [-0.2, 0) is 0 Å². The van der Waals surface area contributed by atoms with Crippen LogP contribution in [0.25, 0.3) is 0 Å². The molecule has 0 saturated heterocycles. The molecule has 0 amide bonds. The van der Waals surface area contributed by atoms with Gasteiger partial charge in [-0.05, 0) is 25.9 Å². The van der Waals surface area contributed by atoms with Crippen LogP contribution < -0.4 is 10.6 Å². The third kappa shape index (κ3) is 8.30. The molecule has 0 radical (unpaired) electrons. The number of halogens is 1. The maximum absolute atomic E-state index is 3.54. The van der Waals surface area contributed by atoms with Crippen molar-refractivity contribution in [3.05, 3.63) is 0 Å². The van der Waals surface area contributed by atoms with Gasteiger partial charge < -0.3 is 10.6 Å². The van der Waals surface area contributed by atoms with E-state index < -0.39 is 0 Å². The minimum atomic E-state index is 0.425. The Bertz CT molecular complexity index is 78.5. The summed E-state index contributed by atoms with van der Waals surface area (Å²) in [7, 11) is 0. The van der Waals surface area contributed by atoms with Crippen LogP contribution in [0.5, 0.6) is 0 Å². The molecule has 0 saturated carbocycles. The Balaban J connectivity index is 3.02. The summed E-state index contributed by atoms with van der Waals surface area (Å²) in [4.78, 5) is 0.425. The summed E-state index contributed by atoms with van der Waals surface area (Å²) in [6.07, 6.45) is 2.39. The van der Waals surface area contributed by atoms with Crippen LogP contribution in [0, 0.1) is 0 Å². The zero-order valence-electron chi connectivity index (χ0n) is 7.49. The van der Waals surface area contributed by atoms with Gasteiger partial charge >= 0.3 is 0 Å². The first kappa shape index (κ1) is 11.4. The first-order valence-corrected chi connectivity index (χ1v) is 5.31. The Morgan fingerprint density at radius 2 is 1.82 bits per heavy atom. The summed E-state index contributed by atoms with van der Waals surface area (Å²) in [6, 6.07) is 0. The molecule has 0 heterocycles. The second kappa shape index (κ2) is 8.50. The summed E-state index contributed by atoms with van der Waals surface area (Å²) in [6.45, 7) is 7.55. The largest absolute Gasteiger partial charge is 0.314 e. The quantitative estimate of drug-likeness (QED) is 0.390. The van der Waals surface area contributed by atoms with Crippen molar-refractivity contribution in [3.8, 4) is 0 Å². The van der Waals surface area contributed by atoms with Crippen molar-refractivity contribution in [1.29, 1.82) is 0 Å². The molecule has 0 spiro atoms. The maximum Gasteiger partial charge on any atom is 0.0756 e. The van der Waals surface area contributed by atoms with Crippen LogP contribution in [-0.4, -0.2) is 24.6 Å². The van der Waals surface area contributed by atoms with E-state index in [0.29, 0.717) is 4.95 Å². The lowest BCUT2D eigenvalue weighted by Gasteiger charge is -2.11. The summed E-state index contributed by atoms with van der Waals surface area (Å²) in [5, 5.41) is 6.68. The number of alkyl halides is 1. The molecular formula is C8H19BrN2. The minimum absolute atomic E-state index is 0.425. The molecule has 0 aliphatic heterocycles. The Hall–Kier alpha value is 0.400. The molecule has 11 heavy (non-hydrogen) atoms. The van der Waals surface area contributed by atoms with Crippen molar-refractivity contribution >= 4 is 15.9 Å². The highest BCUT2D eigenvalue weighted by molar-refractivity contribution is 9.09. The van der Waals surface area contributed by atoms with E-state index in [4.69, 9.17) is 0 Å². The SMILES string of the molecule is CCCNCC(Br)NCCC. The maximum atomic E-state index is 3.54. The first-order chi connectivity index (χ1) is 5.31. The van der Waals surface area contributed by atoms with E-state index in [-0.39, 0.29) is 0 Å². The summed E-state index contributed by atoms with van der Waals surface area (Å²) in [5.74, 6) is 0. The Morgan fingerprint density at radius 1 is 1.18 bits per heavy atom. The monoisotopic (exact) mass is 222 g/mol. The minimum Gasteiger partial charge on any atom is -0.314 e. The molecule has 0 fully saturated rings. The van der Waals surface area contributed by atoms with Gasteiger partial charge in [0.05, 0.1) is 4.95 Å². The van der Waals surface area contributed by atoms with Crippen LogP contribution in [0.4, 0.5) is 0 Å². The highest BCUT2D eigenvalue weighted by Gasteiger charge is 1.98. The van der Waals surface area contributed by atoms with Crippen LogP contribution >= 0.6 is 15.9 Å². The van der Waals surface area contributed by atoms with Gasteiger partial charge in [-0.25, -0.2) is 0 Å². The normalized spacial score (nSPS) is 13.4. The first-order valence-electron chi connectivity index (χ1n) is 4.39. The van der Waals surface area contributed by atoms with Gasteiger partial charge in [0.1, 0.15) is 0 Å². The van der Waals surface area contributed by atoms with E-state index in [0.717, 1.165) is 19.6 Å². The molecular weight excluding hydrogens is 204 g/mol. The fourth-order valence-corrected chi connectivity index (χ4v) is 1.24. The van der Waals surface area contributed by atoms with Gasteiger partial charge in [-0.3, -0.25) is 0 Å². The van der Waals surface area contributed by atoms with E-state index in [1.165, 1.54) is 12.8 Å². The van der Waals surface area contributed by atoms with Crippen molar-refractivity contribution in [1.82, 2.24) is 10.6 Å². The average molecular weight is 223 g/mol. The lowest BCUT2D eigenvalue weighted by Crippen LogP contribution is -2.34. The molecule has 2 N–H and O–H groups in total. The third-order valence-electron chi connectivity index (χ3n) is 1.37. The second-order valence-corrected chi connectivity index (χ2v) is 3.73. The third-order valence-corrected chi connectivity index (χ3v) is 2.01. The van der Waals surface area contributed by atoms with Crippen LogP contribution in [0.3, 0.4) is 0 Å². The molecule has 0 aromatic carbocycles.